The summed E-state index contributed by atoms with van der Waals surface area (Å²) in [7, 11) is 4.00. The lowest BCUT2D eigenvalue weighted by Crippen LogP contribution is -2.40. The van der Waals surface area contributed by atoms with Crippen LogP contribution >= 0.6 is 0 Å². The van der Waals surface area contributed by atoms with Crippen LogP contribution in [0.3, 0.4) is 0 Å². The molecule has 0 amide bonds. The number of piperidine rings is 1. The third-order valence-corrected chi connectivity index (χ3v) is 4.50. The molecule has 2 fully saturated rings. The van der Waals surface area contributed by atoms with E-state index in [4.69, 9.17) is 0 Å². The molecule has 0 aromatic heterocycles. The molecule has 2 atom stereocenters. The number of benzene rings is 1. The molecule has 1 aromatic rings. The maximum Gasteiger partial charge on any atom is 0.168 e. The van der Waals surface area contributed by atoms with Crippen molar-refractivity contribution in [1.29, 1.82) is 0 Å². The SMILES string of the molecule is CN(C)c1ccccc1C(=O)C1CC2CCC(C1)N2. The van der Waals surface area contributed by atoms with Crippen molar-refractivity contribution in [1.82, 2.24) is 5.32 Å². The van der Waals surface area contributed by atoms with Crippen LogP contribution in [0.1, 0.15) is 36.0 Å². The van der Waals surface area contributed by atoms with Gasteiger partial charge >= 0.3 is 0 Å². The van der Waals surface area contributed by atoms with Gasteiger partial charge in [-0.2, -0.15) is 0 Å². The first-order valence-corrected chi connectivity index (χ1v) is 7.22. The van der Waals surface area contributed by atoms with E-state index in [-0.39, 0.29) is 5.92 Å². The Kier molecular flexibility index (Phi) is 3.31. The topological polar surface area (TPSA) is 32.3 Å². The fourth-order valence-electron chi connectivity index (χ4n) is 3.56. The highest BCUT2D eigenvalue weighted by Gasteiger charge is 2.37. The maximum absolute atomic E-state index is 12.8. The van der Waals surface area contributed by atoms with Gasteiger partial charge in [0, 0.05) is 43.3 Å². The summed E-state index contributed by atoms with van der Waals surface area (Å²) < 4.78 is 0. The van der Waals surface area contributed by atoms with Crippen LogP contribution in [0, 0.1) is 5.92 Å². The number of Topliss-reactive ketones (excluding diaryl/α,β-unsaturated/α-hetero) is 1. The van der Waals surface area contributed by atoms with E-state index >= 15 is 0 Å². The number of hydrogen-bond acceptors (Lipinski definition) is 3. The van der Waals surface area contributed by atoms with Crippen molar-refractivity contribution in [2.45, 2.75) is 37.8 Å². The molecule has 2 unspecified atom stereocenters. The molecule has 0 aliphatic carbocycles. The minimum Gasteiger partial charge on any atom is -0.377 e. The van der Waals surface area contributed by atoms with E-state index in [2.05, 4.69) is 5.32 Å². The highest BCUT2D eigenvalue weighted by atomic mass is 16.1. The zero-order chi connectivity index (χ0) is 13.4. The molecule has 1 N–H and O–H groups in total. The molecular formula is C16H22N2O. The molecule has 2 aliphatic rings. The molecule has 2 heterocycles. The first-order valence-electron chi connectivity index (χ1n) is 7.22. The minimum absolute atomic E-state index is 0.208. The van der Waals surface area contributed by atoms with E-state index in [0.717, 1.165) is 24.1 Å². The van der Waals surface area contributed by atoms with E-state index in [1.807, 2.05) is 43.3 Å². The highest BCUT2D eigenvalue weighted by Crippen LogP contribution is 2.34. The molecule has 0 saturated carbocycles. The van der Waals surface area contributed by atoms with Gasteiger partial charge in [0.25, 0.3) is 0 Å². The maximum atomic E-state index is 12.8. The van der Waals surface area contributed by atoms with Crippen molar-refractivity contribution in [3.63, 3.8) is 0 Å². The van der Waals surface area contributed by atoms with Gasteiger partial charge < -0.3 is 10.2 Å². The number of anilines is 1. The third kappa shape index (κ3) is 2.39. The highest BCUT2D eigenvalue weighted by molar-refractivity contribution is 6.02. The third-order valence-electron chi connectivity index (χ3n) is 4.50. The Morgan fingerprint density at radius 3 is 2.42 bits per heavy atom. The Morgan fingerprint density at radius 2 is 1.79 bits per heavy atom. The van der Waals surface area contributed by atoms with Crippen molar-refractivity contribution in [2.75, 3.05) is 19.0 Å². The fraction of sp³-hybridized carbons (Fsp3) is 0.562. The zero-order valence-electron chi connectivity index (χ0n) is 11.7. The van der Waals surface area contributed by atoms with E-state index in [1.54, 1.807) is 0 Å². The first-order chi connectivity index (χ1) is 9.15. The standard InChI is InChI=1S/C16H22N2O/c1-18(2)15-6-4-3-5-14(15)16(19)11-9-12-7-8-13(10-11)17-12/h3-6,11-13,17H,7-10H2,1-2H3. The first kappa shape index (κ1) is 12.7. The van der Waals surface area contributed by atoms with Crippen LogP contribution in [0.15, 0.2) is 24.3 Å². The molecular weight excluding hydrogens is 236 g/mol. The van der Waals surface area contributed by atoms with Gasteiger partial charge in [0.15, 0.2) is 5.78 Å². The zero-order valence-corrected chi connectivity index (χ0v) is 11.7. The van der Waals surface area contributed by atoms with Gasteiger partial charge in [0.05, 0.1) is 0 Å². The van der Waals surface area contributed by atoms with Crippen molar-refractivity contribution < 1.29 is 4.79 Å². The van der Waals surface area contributed by atoms with Gasteiger partial charge in [-0.25, -0.2) is 0 Å². The number of nitrogens with one attached hydrogen (secondary N) is 1. The van der Waals surface area contributed by atoms with Crippen LogP contribution in [0.25, 0.3) is 0 Å². The van der Waals surface area contributed by atoms with Crippen molar-refractivity contribution in [2.24, 2.45) is 5.92 Å². The van der Waals surface area contributed by atoms with Gasteiger partial charge in [-0.1, -0.05) is 12.1 Å². The lowest BCUT2D eigenvalue weighted by molar-refractivity contribution is 0.0876. The Morgan fingerprint density at radius 1 is 1.16 bits per heavy atom. The number of nitrogens with zero attached hydrogens (tertiary/aromatic N) is 1. The number of para-hydroxylation sites is 1. The van der Waals surface area contributed by atoms with Gasteiger partial charge in [-0.15, -0.1) is 0 Å². The van der Waals surface area contributed by atoms with Crippen LogP contribution in [0.5, 0.6) is 0 Å². The van der Waals surface area contributed by atoms with E-state index in [9.17, 15) is 4.79 Å². The second-order valence-corrected chi connectivity index (χ2v) is 6.08. The number of carbonyl (C=O) groups is 1. The fourth-order valence-corrected chi connectivity index (χ4v) is 3.56. The lowest BCUT2D eigenvalue weighted by atomic mass is 9.85. The van der Waals surface area contributed by atoms with Gasteiger partial charge in [-0.3, -0.25) is 4.79 Å². The average Bonchev–Trinajstić information content (AvgIpc) is 2.76. The average molecular weight is 258 g/mol. The van der Waals surface area contributed by atoms with Crippen LogP contribution in [0.2, 0.25) is 0 Å². The summed E-state index contributed by atoms with van der Waals surface area (Å²) in [4.78, 5) is 14.8. The second kappa shape index (κ2) is 4.97. The Balaban J connectivity index is 1.84. The molecule has 2 bridgehead atoms. The van der Waals surface area contributed by atoms with Crippen molar-refractivity contribution in [3.8, 4) is 0 Å². The summed E-state index contributed by atoms with van der Waals surface area (Å²) in [6.45, 7) is 0. The molecule has 3 rings (SSSR count). The molecule has 3 heteroatoms. The van der Waals surface area contributed by atoms with Crippen LogP contribution < -0.4 is 10.2 Å². The van der Waals surface area contributed by atoms with Crippen LogP contribution in [0.4, 0.5) is 5.69 Å². The van der Waals surface area contributed by atoms with E-state index in [0.29, 0.717) is 17.9 Å². The molecule has 3 nitrogen and oxygen atoms in total. The normalized spacial score (nSPS) is 29.3. The number of hydrogen-bond donors (Lipinski definition) is 1. The Hall–Kier alpha value is -1.35. The summed E-state index contributed by atoms with van der Waals surface area (Å²) in [6.07, 6.45) is 4.50. The largest absolute Gasteiger partial charge is 0.377 e. The molecule has 1 aromatic carbocycles. The number of fused-ring (bicyclic) bond motifs is 2. The Bertz CT molecular complexity index is 471. The van der Waals surface area contributed by atoms with Crippen molar-refractivity contribution in [3.05, 3.63) is 29.8 Å². The van der Waals surface area contributed by atoms with E-state index < -0.39 is 0 Å². The number of ketones is 1. The monoisotopic (exact) mass is 258 g/mol. The van der Waals surface area contributed by atoms with Gasteiger partial charge in [-0.05, 0) is 37.8 Å². The van der Waals surface area contributed by atoms with Gasteiger partial charge in [0.1, 0.15) is 0 Å². The van der Waals surface area contributed by atoms with Crippen LogP contribution in [-0.4, -0.2) is 32.0 Å². The summed E-state index contributed by atoms with van der Waals surface area (Å²) in [5.74, 6) is 0.544. The quantitative estimate of drug-likeness (QED) is 0.845. The number of carbonyl (C=O) groups excluding carboxylic acids is 1. The number of rotatable bonds is 3. The Labute approximate surface area is 115 Å². The van der Waals surface area contributed by atoms with Crippen molar-refractivity contribution >= 4 is 11.5 Å². The summed E-state index contributed by atoms with van der Waals surface area (Å²) >= 11 is 0. The van der Waals surface area contributed by atoms with E-state index in [1.165, 1.54) is 12.8 Å². The molecule has 0 radical (unpaired) electrons. The lowest BCUT2D eigenvalue weighted by Gasteiger charge is -2.29. The summed E-state index contributed by atoms with van der Waals surface area (Å²) in [5, 5.41) is 3.60. The summed E-state index contributed by atoms with van der Waals surface area (Å²) in [6, 6.07) is 9.11. The second-order valence-electron chi connectivity index (χ2n) is 6.08. The smallest absolute Gasteiger partial charge is 0.168 e. The molecule has 19 heavy (non-hydrogen) atoms. The molecule has 102 valence electrons. The minimum atomic E-state index is 0.208. The predicted molar refractivity (Wildman–Crippen MR) is 77.8 cm³/mol. The molecule has 2 aliphatic heterocycles. The van der Waals surface area contributed by atoms with Crippen LogP contribution in [-0.2, 0) is 0 Å². The van der Waals surface area contributed by atoms with Gasteiger partial charge in [0.2, 0.25) is 0 Å². The molecule has 2 saturated heterocycles. The summed E-state index contributed by atoms with van der Waals surface area (Å²) in [5.41, 5.74) is 1.93. The molecule has 0 spiro atoms. The predicted octanol–water partition coefficient (Wildman–Crippen LogP) is 2.47.